The molecular formula is C22H21F3N4O4S. The zero-order chi connectivity index (χ0) is 24.5. The molecule has 1 aromatic heterocycles. The predicted octanol–water partition coefficient (Wildman–Crippen LogP) is 4.43. The normalized spacial score (nSPS) is 17.5. The predicted molar refractivity (Wildman–Crippen MR) is 116 cm³/mol. The Balaban J connectivity index is 1.43. The van der Waals surface area contributed by atoms with Crippen molar-refractivity contribution < 1.29 is 30.8 Å². The van der Waals surface area contributed by atoms with Crippen molar-refractivity contribution in [2.45, 2.75) is 30.8 Å². The molecule has 0 spiro atoms. The smallest absolute Gasteiger partial charge is 0.403 e. The van der Waals surface area contributed by atoms with Crippen molar-refractivity contribution in [3.8, 4) is 11.5 Å². The zero-order valence-electron chi connectivity index (χ0n) is 18.0. The van der Waals surface area contributed by atoms with Crippen LogP contribution in [0.25, 0.3) is 11.5 Å². The number of aromatic nitrogens is 2. The number of nitrogens with zero attached hydrogens (tertiary/aromatic N) is 3. The summed E-state index contributed by atoms with van der Waals surface area (Å²) in [5, 5.41) is 9.81. The van der Waals surface area contributed by atoms with Crippen LogP contribution < -0.4 is 5.32 Å². The molecule has 2 heterocycles. The van der Waals surface area contributed by atoms with E-state index >= 15 is 0 Å². The van der Waals surface area contributed by atoms with Gasteiger partial charge < -0.3 is 4.42 Å². The summed E-state index contributed by atoms with van der Waals surface area (Å²) in [4.78, 5) is 12.6. The highest BCUT2D eigenvalue weighted by atomic mass is 32.2. The molecule has 1 fully saturated rings. The minimum Gasteiger partial charge on any atom is -0.403 e. The van der Waals surface area contributed by atoms with E-state index in [0.29, 0.717) is 13.1 Å². The highest BCUT2D eigenvalue weighted by Gasteiger charge is 2.30. The molecule has 1 unspecified atom stereocenters. The van der Waals surface area contributed by atoms with Crippen LogP contribution in [-0.2, 0) is 16.2 Å². The Morgan fingerprint density at radius 2 is 1.76 bits per heavy atom. The molecule has 12 heteroatoms. The summed E-state index contributed by atoms with van der Waals surface area (Å²) >= 11 is 0. The van der Waals surface area contributed by atoms with Gasteiger partial charge >= 0.3 is 12.2 Å². The topological polar surface area (TPSA) is 105 Å². The van der Waals surface area contributed by atoms with E-state index in [0.717, 1.165) is 25.0 Å². The first-order valence-corrected chi connectivity index (χ1v) is 11.9. The van der Waals surface area contributed by atoms with E-state index in [2.05, 4.69) is 15.5 Å². The minimum absolute atomic E-state index is 0.0683. The maximum absolute atomic E-state index is 12.8. The lowest BCUT2D eigenvalue weighted by molar-refractivity contribution is -0.137. The molecule has 1 aliphatic rings. The number of piperidine rings is 1. The second kappa shape index (κ2) is 9.18. The SMILES string of the molecule is CC1CCCN(S(=O)(=O)c2ccc(C(=O)Nc3nnc(-c4ccc(C(F)(F)F)cc4)o3)cc2)C1. The molecule has 0 radical (unpaired) electrons. The number of hydrogen-bond donors (Lipinski definition) is 1. The van der Waals surface area contributed by atoms with Crippen molar-refractivity contribution in [1.82, 2.24) is 14.5 Å². The van der Waals surface area contributed by atoms with Crippen molar-refractivity contribution in [1.29, 1.82) is 0 Å². The molecule has 1 saturated heterocycles. The number of amides is 1. The van der Waals surface area contributed by atoms with Crippen LogP contribution in [0.1, 0.15) is 35.7 Å². The fourth-order valence-electron chi connectivity index (χ4n) is 3.65. The van der Waals surface area contributed by atoms with Gasteiger partial charge in [0.25, 0.3) is 5.91 Å². The number of carbonyl (C=O) groups is 1. The second-order valence-corrected chi connectivity index (χ2v) is 10.0. The Hall–Kier alpha value is -3.25. The molecule has 1 N–H and O–H groups in total. The van der Waals surface area contributed by atoms with Gasteiger partial charge in [-0.05, 0) is 67.3 Å². The Morgan fingerprint density at radius 1 is 1.09 bits per heavy atom. The quantitative estimate of drug-likeness (QED) is 0.563. The lowest BCUT2D eigenvalue weighted by Crippen LogP contribution is -2.39. The lowest BCUT2D eigenvalue weighted by Gasteiger charge is -2.30. The van der Waals surface area contributed by atoms with Crippen molar-refractivity contribution in [3.05, 3.63) is 59.7 Å². The average molecular weight is 494 g/mol. The standard InChI is InChI=1S/C22H21F3N4O4S/c1-14-3-2-12-29(13-14)34(31,32)18-10-6-15(7-11-18)19(30)26-21-28-27-20(33-21)16-4-8-17(9-5-16)22(23,24)25/h4-11,14H,2-3,12-13H2,1H3,(H,26,28,30). The first-order valence-electron chi connectivity index (χ1n) is 10.5. The third kappa shape index (κ3) is 5.12. The summed E-state index contributed by atoms with van der Waals surface area (Å²) in [5.41, 5.74) is -0.396. The molecule has 4 rings (SSSR count). The summed E-state index contributed by atoms with van der Waals surface area (Å²) in [6.07, 6.45) is -2.67. The van der Waals surface area contributed by atoms with Crippen LogP contribution in [0.4, 0.5) is 19.2 Å². The number of anilines is 1. The van der Waals surface area contributed by atoms with Crippen LogP contribution in [0, 0.1) is 5.92 Å². The second-order valence-electron chi connectivity index (χ2n) is 8.08. The van der Waals surface area contributed by atoms with Crippen molar-refractivity contribution in [3.63, 3.8) is 0 Å². The maximum Gasteiger partial charge on any atom is 0.416 e. The van der Waals surface area contributed by atoms with Crippen LogP contribution in [0.2, 0.25) is 0 Å². The number of halogens is 3. The lowest BCUT2D eigenvalue weighted by atomic mass is 10.0. The van der Waals surface area contributed by atoms with Crippen molar-refractivity contribution >= 4 is 21.9 Å². The molecule has 3 aromatic rings. The van der Waals surface area contributed by atoms with Gasteiger partial charge in [-0.3, -0.25) is 10.1 Å². The molecule has 1 amide bonds. The fraction of sp³-hybridized carbons (Fsp3) is 0.318. The van der Waals surface area contributed by atoms with E-state index in [4.69, 9.17) is 4.42 Å². The van der Waals surface area contributed by atoms with E-state index in [1.807, 2.05) is 6.92 Å². The van der Waals surface area contributed by atoms with Crippen LogP contribution in [0.3, 0.4) is 0 Å². The summed E-state index contributed by atoms with van der Waals surface area (Å²) in [5.74, 6) is -0.394. The first-order chi connectivity index (χ1) is 16.0. The first kappa shape index (κ1) is 23.9. The Bertz CT molecular complexity index is 1270. The molecule has 8 nitrogen and oxygen atoms in total. The monoisotopic (exact) mass is 494 g/mol. The van der Waals surface area contributed by atoms with E-state index in [-0.39, 0.29) is 33.8 Å². The van der Waals surface area contributed by atoms with Gasteiger partial charge in [-0.2, -0.15) is 17.5 Å². The van der Waals surface area contributed by atoms with Crippen molar-refractivity contribution in [2.75, 3.05) is 18.4 Å². The van der Waals surface area contributed by atoms with Gasteiger partial charge in [0.1, 0.15) is 0 Å². The maximum atomic E-state index is 12.8. The molecule has 180 valence electrons. The molecule has 0 bridgehead atoms. The van der Waals surface area contributed by atoms with Crippen LogP contribution in [0.15, 0.2) is 57.8 Å². The van der Waals surface area contributed by atoms with Gasteiger partial charge in [-0.15, -0.1) is 5.10 Å². The van der Waals surface area contributed by atoms with Gasteiger partial charge in [0.15, 0.2) is 0 Å². The fourth-order valence-corrected chi connectivity index (χ4v) is 5.25. The average Bonchev–Trinajstić information content (AvgIpc) is 3.27. The highest BCUT2D eigenvalue weighted by molar-refractivity contribution is 7.89. The number of rotatable bonds is 5. The van der Waals surface area contributed by atoms with Crippen LogP contribution >= 0.6 is 0 Å². The van der Waals surface area contributed by atoms with Gasteiger partial charge in [0, 0.05) is 24.2 Å². The number of nitrogens with one attached hydrogen (secondary N) is 1. The minimum atomic E-state index is -4.46. The number of carbonyl (C=O) groups excluding carboxylic acids is 1. The van der Waals surface area contributed by atoms with Crippen LogP contribution in [0.5, 0.6) is 0 Å². The van der Waals surface area contributed by atoms with E-state index in [9.17, 15) is 26.4 Å². The van der Waals surface area contributed by atoms with Crippen LogP contribution in [-0.4, -0.2) is 41.9 Å². The summed E-state index contributed by atoms with van der Waals surface area (Å²) < 4.78 is 70.6. The van der Waals surface area contributed by atoms with Crippen molar-refractivity contribution in [2.24, 2.45) is 5.92 Å². The third-order valence-electron chi connectivity index (χ3n) is 5.48. The highest BCUT2D eigenvalue weighted by Crippen LogP contribution is 2.31. The molecule has 34 heavy (non-hydrogen) atoms. The Morgan fingerprint density at radius 3 is 2.38 bits per heavy atom. The van der Waals surface area contributed by atoms with Gasteiger partial charge in [-0.1, -0.05) is 12.0 Å². The Labute approximate surface area is 193 Å². The van der Waals surface area contributed by atoms with Gasteiger partial charge in [-0.25, -0.2) is 8.42 Å². The summed E-state index contributed by atoms with van der Waals surface area (Å²) in [7, 11) is -3.65. The molecule has 0 aliphatic carbocycles. The summed E-state index contributed by atoms with van der Waals surface area (Å²) in [6.45, 7) is 2.94. The molecule has 1 atom stereocenters. The third-order valence-corrected chi connectivity index (χ3v) is 7.36. The molecule has 2 aromatic carbocycles. The number of benzene rings is 2. The molecule has 0 saturated carbocycles. The number of hydrogen-bond acceptors (Lipinski definition) is 6. The van der Waals surface area contributed by atoms with E-state index in [1.54, 1.807) is 0 Å². The van der Waals surface area contributed by atoms with Gasteiger partial charge in [0.05, 0.1) is 10.5 Å². The van der Waals surface area contributed by atoms with E-state index < -0.39 is 27.7 Å². The molecule has 1 aliphatic heterocycles. The number of sulfonamides is 1. The Kier molecular flexibility index (Phi) is 6.45. The molecular weight excluding hydrogens is 473 g/mol. The van der Waals surface area contributed by atoms with E-state index in [1.165, 1.54) is 40.7 Å². The number of alkyl halides is 3. The zero-order valence-corrected chi connectivity index (χ0v) is 18.9. The van der Waals surface area contributed by atoms with Gasteiger partial charge in [0.2, 0.25) is 15.9 Å². The largest absolute Gasteiger partial charge is 0.416 e. The summed E-state index contributed by atoms with van der Waals surface area (Å²) in [6, 6.07) is 9.38.